The molecule has 6 unspecified atom stereocenters. The summed E-state index contributed by atoms with van der Waals surface area (Å²) >= 11 is 0. The van der Waals surface area contributed by atoms with E-state index >= 15 is 0 Å². The fourth-order valence-electron chi connectivity index (χ4n) is 11.5. The van der Waals surface area contributed by atoms with Gasteiger partial charge in [0.1, 0.15) is 36.6 Å². The largest absolute Gasteiger partial charge is 0.472 e. The number of carbonyl (C=O) groups is 1. The van der Waals surface area contributed by atoms with Gasteiger partial charge in [-0.15, -0.1) is 0 Å². The number of unbranched alkanes of at least 4 members (excludes halogenated alkanes) is 49. The van der Waals surface area contributed by atoms with E-state index < -0.39 is 63.2 Å². The Bertz CT molecular complexity index is 1320. The Labute approximate surface area is 480 Å². The second-order valence-corrected chi connectivity index (χ2v) is 25.8. The molecule has 0 aromatic carbocycles. The molecule has 1 aliphatic carbocycles. The molecule has 0 bridgehead atoms. The number of amides is 1. The standard InChI is InChI=1S/C65H130NO11P/c1-3-5-7-9-11-13-15-17-19-20-21-22-23-24-25-26-27-28-29-30-31-32-33-34-35-36-37-38-39-41-43-45-47-49-51-53-55-59(68)66-57(56-76-78(74,75)77-65-63(72)61(70)60(69)62(71)64(65)73)58(67)54-52-50-48-46-44-42-40-18-16-14-12-10-8-6-4-2/h57-58,60-65,67,69-73H,3-56H2,1-2H3,(H,66,68)(H,74,75)/t57-,58+,60?,61+,62?,63?,64?,65?/m0/s1. The van der Waals surface area contributed by atoms with Crippen molar-refractivity contribution in [3.05, 3.63) is 0 Å². The number of rotatable bonds is 60. The first kappa shape index (κ1) is 75.4. The molecule has 8 N–H and O–H groups in total. The maximum Gasteiger partial charge on any atom is 0.472 e. The van der Waals surface area contributed by atoms with Crippen molar-refractivity contribution in [3.8, 4) is 0 Å². The number of aliphatic hydroxyl groups excluding tert-OH is 6. The van der Waals surface area contributed by atoms with Crippen LogP contribution >= 0.6 is 7.82 Å². The third-order valence-corrected chi connectivity index (χ3v) is 17.9. The molecular formula is C65H130NO11P. The van der Waals surface area contributed by atoms with E-state index in [2.05, 4.69) is 19.2 Å². The van der Waals surface area contributed by atoms with E-state index in [1.807, 2.05) is 0 Å². The first-order chi connectivity index (χ1) is 37.9. The Morgan fingerprint density at radius 3 is 0.885 bits per heavy atom. The molecule has 0 aliphatic heterocycles. The zero-order chi connectivity index (χ0) is 57.0. The van der Waals surface area contributed by atoms with Gasteiger partial charge in [0.15, 0.2) is 0 Å². The van der Waals surface area contributed by atoms with Gasteiger partial charge in [0.2, 0.25) is 5.91 Å². The van der Waals surface area contributed by atoms with Crippen molar-refractivity contribution in [1.29, 1.82) is 0 Å². The van der Waals surface area contributed by atoms with Gasteiger partial charge in [-0.1, -0.05) is 335 Å². The number of phosphoric acid groups is 1. The molecule has 0 aromatic rings. The lowest BCUT2D eigenvalue weighted by Gasteiger charge is -2.41. The average Bonchev–Trinajstić information content (AvgIpc) is 3.43. The van der Waals surface area contributed by atoms with Crippen molar-refractivity contribution in [2.45, 2.75) is 403 Å². The highest BCUT2D eigenvalue weighted by Crippen LogP contribution is 2.47. The molecule has 1 rings (SSSR count). The lowest BCUT2D eigenvalue weighted by molar-refractivity contribution is -0.220. The minimum Gasteiger partial charge on any atom is -0.391 e. The zero-order valence-electron chi connectivity index (χ0n) is 51.0. The molecule has 0 saturated heterocycles. The van der Waals surface area contributed by atoms with Crippen LogP contribution in [0.2, 0.25) is 0 Å². The third kappa shape index (κ3) is 43.9. The van der Waals surface area contributed by atoms with E-state index in [1.165, 1.54) is 276 Å². The van der Waals surface area contributed by atoms with Crippen molar-refractivity contribution in [2.75, 3.05) is 6.61 Å². The predicted molar refractivity (Wildman–Crippen MR) is 325 cm³/mol. The first-order valence-corrected chi connectivity index (χ1v) is 35.5. The summed E-state index contributed by atoms with van der Waals surface area (Å²) in [5, 5.41) is 64.6. The highest BCUT2D eigenvalue weighted by atomic mass is 31.2. The maximum absolute atomic E-state index is 13.1. The number of phosphoric ester groups is 1. The minimum atomic E-state index is -5.06. The van der Waals surface area contributed by atoms with Crippen molar-refractivity contribution in [1.82, 2.24) is 5.32 Å². The van der Waals surface area contributed by atoms with Crippen LogP contribution in [-0.2, 0) is 18.4 Å². The van der Waals surface area contributed by atoms with Crippen LogP contribution in [-0.4, -0.2) is 96.8 Å². The van der Waals surface area contributed by atoms with Crippen LogP contribution in [0.3, 0.4) is 0 Å². The zero-order valence-corrected chi connectivity index (χ0v) is 51.9. The molecule has 1 fully saturated rings. The summed E-state index contributed by atoms with van der Waals surface area (Å²) in [7, 11) is -5.06. The number of carbonyl (C=O) groups excluding carboxylic acids is 1. The fourth-order valence-corrected chi connectivity index (χ4v) is 12.5. The summed E-state index contributed by atoms with van der Waals surface area (Å²) in [6.45, 7) is 3.95. The molecule has 1 aliphatic rings. The van der Waals surface area contributed by atoms with E-state index in [0.717, 1.165) is 38.5 Å². The second kappa shape index (κ2) is 54.3. The second-order valence-electron chi connectivity index (χ2n) is 24.4. The van der Waals surface area contributed by atoms with E-state index in [1.54, 1.807) is 0 Å². The van der Waals surface area contributed by atoms with E-state index in [-0.39, 0.29) is 12.3 Å². The van der Waals surface area contributed by atoms with Gasteiger partial charge in [-0.05, 0) is 12.8 Å². The number of nitrogens with one attached hydrogen (secondary N) is 1. The monoisotopic (exact) mass is 1130 g/mol. The molecule has 9 atom stereocenters. The molecule has 12 nitrogen and oxygen atoms in total. The van der Waals surface area contributed by atoms with Crippen molar-refractivity contribution in [2.24, 2.45) is 0 Å². The quantitative estimate of drug-likeness (QED) is 0.0212. The van der Waals surface area contributed by atoms with Crippen molar-refractivity contribution >= 4 is 13.7 Å². The van der Waals surface area contributed by atoms with Gasteiger partial charge in [-0.3, -0.25) is 13.8 Å². The Morgan fingerprint density at radius 1 is 0.385 bits per heavy atom. The Morgan fingerprint density at radius 2 is 0.615 bits per heavy atom. The van der Waals surface area contributed by atoms with Crippen molar-refractivity contribution in [3.63, 3.8) is 0 Å². The van der Waals surface area contributed by atoms with Crippen LogP contribution in [0.15, 0.2) is 0 Å². The molecular weight excluding hydrogens is 1000 g/mol. The summed E-state index contributed by atoms with van der Waals surface area (Å²) in [5.74, 6) is -0.299. The smallest absolute Gasteiger partial charge is 0.391 e. The topological polar surface area (TPSA) is 206 Å². The van der Waals surface area contributed by atoms with Crippen LogP contribution in [0, 0.1) is 0 Å². The number of aliphatic hydroxyl groups is 6. The van der Waals surface area contributed by atoms with Crippen molar-refractivity contribution < 1.29 is 53.9 Å². The predicted octanol–water partition coefficient (Wildman–Crippen LogP) is 16.9. The summed E-state index contributed by atoms with van der Waals surface area (Å²) < 4.78 is 23.2. The van der Waals surface area contributed by atoms with Gasteiger partial charge >= 0.3 is 7.82 Å². The van der Waals surface area contributed by atoms with Gasteiger partial charge in [0.05, 0.1) is 18.8 Å². The van der Waals surface area contributed by atoms with Crippen LogP contribution < -0.4 is 5.32 Å². The fraction of sp³-hybridized carbons (Fsp3) is 0.985. The number of hydrogen-bond donors (Lipinski definition) is 8. The molecule has 78 heavy (non-hydrogen) atoms. The highest BCUT2D eigenvalue weighted by Gasteiger charge is 2.51. The molecule has 0 heterocycles. The summed E-state index contributed by atoms with van der Waals surface area (Å²) in [4.78, 5) is 23.6. The van der Waals surface area contributed by atoms with E-state index in [0.29, 0.717) is 19.3 Å². The summed E-state index contributed by atoms with van der Waals surface area (Å²) in [5.41, 5.74) is 0. The van der Waals surface area contributed by atoms with E-state index in [4.69, 9.17) is 9.05 Å². The molecule has 0 aromatic heterocycles. The Kier molecular flexibility index (Phi) is 52.4. The van der Waals surface area contributed by atoms with Crippen LogP contribution in [0.1, 0.15) is 354 Å². The van der Waals surface area contributed by atoms with Gasteiger partial charge in [-0.2, -0.15) is 0 Å². The van der Waals surface area contributed by atoms with Crippen LogP contribution in [0.25, 0.3) is 0 Å². The lowest BCUT2D eigenvalue weighted by Crippen LogP contribution is -2.64. The number of hydrogen-bond acceptors (Lipinski definition) is 10. The average molecular weight is 1130 g/mol. The minimum absolute atomic E-state index is 0.244. The lowest BCUT2D eigenvalue weighted by atomic mass is 9.85. The first-order valence-electron chi connectivity index (χ1n) is 34.0. The molecule has 13 heteroatoms. The molecule has 1 saturated carbocycles. The molecule has 0 spiro atoms. The van der Waals surface area contributed by atoms with Crippen LogP contribution in [0.5, 0.6) is 0 Å². The molecule has 1 amide bonds. The summed E-state index contributed by atoms with van der Waals surface area (Å²) in [6.07, 6.45) is 54.7. The van der Waals surface area contributed by atoms with Gasteiger partial charge in [-0.25, -0.2) is 4.57 Å². The van der Waals surface area contributed by atoms with Crippen LogP contribution in [0.4, 0.5) is 0 Å². The summed E-state index contributed by atoms with van der Waals surface area (Å²) in [6, 6.07) is -1.03. The Hall–Kier alpha value is -0.660. The molecule has 0 radical (unpaired) electrons. The Balaban J connectivity index is 2.13. The normalized spacial score (nSPS) is 20.3. The van der Waals surface area contributed by atoms with Gasteiger partial charge in [0.25, 0.3) is 0 Å². The highest BCUT2D eigenvalue weighted by molar-refractivity contribution is 7.47. The van der Waals surface area contributed by atoms with Gasteiger partial charge < -0.3 is 40.8 Å². The maximum atomic E-state index is 13.1. The molecule has 466 valence electrons. The van der Waals surface area contributed by atoms with Gasteiger partial charge in [0, 0.05) is 6.42 Å². The van der Waals surface area contributed by atoms with E-state index in [9.17, 15) is 44.9 Å². The third-order valence-electron chi connectivity index (χ3n) is 16.9. The SMILES string of the molecule is CCCCCCCCCCCCCCCCCCCCCCCCCCCCCCCCCCCCCCC(=O)N[C@@H](COP(=O)(O)OC1C(O)C(O)C(O)[C@@H](O)C1O)[C@H](O)CCCCCCCCCCCCCCCCC.